The second-order valence-electron chi connectivity index (χ2n) is 5.50. The molecule has 1 unspecified atom stereocenters. The van der Waals surface area contributed by atoms with Crippen molar-refractivity contribution in [2.75, 3.05) is 6.61 Å². The first-order chi connectivity index (χ1) is 11.2. The molecule has 0 spiro atoms. The number of fused-ring (bicyclic) bond motifs is 2. The molecule has 6 heteroatoms. The minimum atomic E-state index is -0.355. The summed E-state index contributed by atoms with van der Waals surface area (Å²) in [4.78, 5) is 16.7. The molecule has 0 radical (unpaired) electrons. The van der Waals surface area contributed by atoms with Crippen LogP contribution in [0.25, 0.3) is 11.0 Å². The van der Waals surface area contributed by atoms with Crippen LogP contribution in [0.5, 0.6) is 5.75 Å². The van der Waals surface area contributed by atoms with Crippen LogP contribution >= 0.6 is 0 Å². The molecular formula is C17H14N4O2. The number of aryl methyl sites for hydroxylation is 1. The van der Waals surface area contributed by atoms with E-state index in [0.29, 0.717) is 17.6 Å². The fourth-order valence-corrected chi connectivity index (χ4v) is 2.65. The van der Waals surface area contributed by atoms with Gasteiger partial charge in [-0.15, -0.1) is 10.2 Å². The van der Waals surface area contributed by atoms with Gasteiger partial charge in [0.15, 0.2) is 0 Å². The van der Waals surface area contributed by atoms with Gasteiger partial charge in [-0.05, 0) is 25.1 Å². The van der Waals surface area contributed by atoms with Gasteiger partial charge < -0.3 is 10.1 Å². The molecule has 1 N–H and O–H groups in total. The molecule has 3 aromatic rings. The van der Waals surface area contributed by atoms with E-state index in [2.05, 4.69) is 20.5 Å². The topological polar surface area (TPSA) is 77.0 Å². The zero-order valence-corrected chi connectivity index (χ0v) is 12.5. The summed E-state index contributed by atoms with van der Waals surface area (Å²) in [5.41, 5.74) is 3.41. The van der Waals surface area contributed by atoms with Crippen molar-refractivity contribution >= 4 is 16.9 Å². The number of amides is 1. The van der Waals surface area contributed by atoms with Crippen molar-refractivity contribution in [1.29, 1.82) is 0 Å². The van der Waals surface area contributed by atoms with Crippen LogP contribution in [0.3, 0.4) is 0 Å². The van der Waals surface area contributed by atoms with Gasteiger partial charge in [-0.2, -0.15) is 0 Å². The Kier molecular flexibility index (Phi) is 3.15. The Morgan fingerprint density at radius 2 is 2.00 bits per heavy atom. The number of hydrogen-bond acceptors (Lipinski definition) is 5. The highest BCUT2D eigenvalue weighted by molar-refractivity contribution is 5.92. The first kappa shape index (κ1) is 13.6. The lowest BCUT2D eigenvalue weighted by Crippen LogP contribution is -2.31. The van der Waals surface area contributed by atoms with Gasteiger partial charge in [0.05, 0.1) is 11.6 Å². The Hall–Kier alpha value is -3.02. The molecule has 0 fully saturated rings. The quantitative estimate of drug-likeness (QED) is 0.785. The van der Waals surface area contributed by atoms with Crippen LogP contribution in [-0.2, 0) is 0 Å². The summed E-state index contributed by atoms with van der Waals surface area (Å²) in [7, 11) is 0. The third-order valence-corrected chi connectivity index (χ3v) is 3.82. The van der Waals surface area contributed by atoms with Gasteiger partial charge in [-0.3, -0.25) is 4.79 Å². The molecule has 2 heterocycles. The van der Waals surface area contributed by atoms with Crippen molar-refractivity contribution in [3.63, 3.8) is 0 Å². The summed E-state index contributed by atoms with van der Waals surface area (Å²) in [6.45, 7) is 2.42. The number of nitrogens with one attached hydrogen (secondary N) is 1. The summed E-state index contributed by atoms with van der Waals surface area (Å²) >= 11 is 0. The highest BCUT2D eigenvalue weighted by Gasteiger charge is 2.27. The van der Waals surface area contributed by atoms with Gasteiger partial charge in [0.1, 0.15) is 17.9 Å². The fourth-order valence-electron chi connectivity index (χ4n) is 2.65. The minimum Gasteiger partial charge on any atom is -0.491 e. The molecule has 0 saturated carbocycles. The van der Waals surface area contributed by atoms with E-state index < -0.39 is 0 Å². The number of rotatable bonds is 2. The smallest absolute Gasteiger partial charge is 0.291 e. The first-order valence-corrected chi connectivity index (χ1v) is 7.34. The van der Waals surface area contributed by atoms with Crippen molar-refractivity contribution < 1.29 is 9.53 Å². The lowest BCUT2D eigenvalue weighted by molar-refractivity contribution is 0.0919. The number of ether oxygens (including phenoxy) is 1. The average molecular weight is 306 g/mol. The Morgan fingerprint density at radius 1 is 1.17 bits per heavy atom. The second kappa shape index (κ2) is 5.31. The van der Waals surface area contributed by atoms with Gasteiger partial charge >= 0.3 is 0 Å². The highest BCUT2D eigenvalue weighted by Crippen LogP contribution is 2.32. The molecule has 0 aliphatic carbocycles. The molecule has 1 amide bonds. The van der Waals surface area contributed by atoms with E-state index in [9.17, 15) is 4.79 Å². The van der Waals surface area contributed by atoms with Crippen molar-refractivity contribution in [3.05, 3.63) is 59.4 Å². The normalized spacial score (nSPS) is 16.0. The van der Waals surface area contributed by atoms with Crippen molar-refractivity contribution in [2.24, 2.45) is 0 Å². The number of hydrogen-bond donors (Lipinski definition) is 1. The molecule has 4 rings (SSSR count). The molecule has 6 nitrogen and oxygen atoms in total. The molecule has 1 aliphatic rings. The van der Waals surface area contributed by atoms with Gasteiger partial charge in [0.25, 0.3) is 5.91 Å². The van der Waals surface area contributed by atoms with Crippen molar-refractivity contribution in [1.82, 2.24) is 20.5 Å². The largest absolute Gasteiger partial charge is 0.491 e. The van der Waals surface area contributed by atoms with Gasteiger partial charge in [0.2, 0.25) is 5.82 Å². The molecule has 0 bridgehead atoms. The van der Waals surface area contributed by atoms with Crippen LogP contribution < -0.4 is 10.1 Å². The predicted molar refractivity (Wildman–Crippen MR) is 84.2 cm³/mol. The number of nitrogens with zero attached hydrogens (tertiary/aromatic N) is 3. The van der Waals surface area contributed by atoms with E-state index in [0.717, 1.165) is 16.9 Å². The molecule has 1 aromatic heterocycles. The first-order valence-electron chi connectivity index (χ1n) is 7.34. The maximum Gasteiger partial charge on any atom is 0.291 e. The van der Waals surface area contributed by atoms with E-state index in [1.165, 1.54) is 0 Å². The molecule has 0 saturated heterocycles. The van der Waals surface area contributed by atoms with Crippen LogP contribution in [0.1, 0.15) is 27.8 Å². The van der Waals surface area contributed by atoms with Crippen LogP contribution in [0.2, 0.25) is 0 Å². The van der Waals surface area contributed by atoms with Gasteiger partial charge in [-0.25, -0.2) is 4.98 Å². The summed E-state index contributed by atoms with van der Waals surface area (Å²) in [6, 6.07) is 13.0. The minimum absolute atomic E-state index is 0.0600. The van der Waals surface area contributed by atoms with Crippen LogP contribution in [0.4, 0.5) is 0 Å². The van der Waals surface area contributed by atoms with E-state index in [1.807, 2.05) is 37.3 Å². The fraction of sp³-hybridized carbons (Fsp3) is 0.176. The summed E-state index contributed by atoms with van der Waals surface area (Å²) in [5.74, 6) is 0.509. The second-order valence-corrected chi connectivity index (χ2v) is 5.50. The molecule has 1 atom stereocenters. The van der Waals surface area contributed by atoms with Crippen molar-refractivity contribution in [2.45, 2.75) is 13.0 Å². The number of para-hydroxylation sites is 1. The standard InChI is InChI=1S/C17H14N4O2/c1-10-6-7-15-11(8-10)14(9-23-15)19-17(22)16-18-12-4-2-3-5-13(12)20-21-16/h2-8,14H,9H2,1H3,(H,19,22). The maximum absolute atomic E-state index is 12.4. The Balaban J connectivity index is 1.60. The monoisotopic (exact) mass is 306 g/mol. The Labute approximate surface area is 132 Å². The van der Waals surface area contributed by atoms with Crippen LogP contribution in [0, 0.1) is 6.92 Å². The molecule has 23 heavy (non-hydrogen) atoms. The van der Waals surface area contributed by atoms with E-state index in [4.69, 9.17) is 4.74 Å². The van der Waals surface area contributed by atoms with Crippen LogP contribution in [0.15, 0.2) is 42.5 Å². The molecular weight excluding hydrogens is 292 g/mol. The number of carbonyl (C=O) groups excluding carboxylic acids is 1. The van der Waals surface area contributed by atoms with Crippen molar-refractivity contribution in [3.8, 4) is 5.75 Å². The van der Waals surface area contributed by atoms with E-state index in [1.54, 1.807) is 12.1 Å². The summed E-state index contributed by atoms with van der Waals surface area (Å²) in [5, 5.41) is 10.9. The lowest BCUT2D eigenvalue weighted by Gasteiger charge is -2.11. The van der Waals surface area contributed by atoms with E-state index >= 15 is 0 Å². The Bertz CT molecular complexity index is 910. The highest BCUT2D eigenvalue weighted by atomic mass is 16.5. The summed E-state index contributed by atoms with van der Waals surface area (Å²) in [6.07, 6.45) is 0. The number of benzene rings is 2. The third kappa shape index (κ3) is 2.48. The van der Waals surface area contributed by atoms with Gasteiger partial charge in [-0.1, -0.05) is 29.8 Å². The zero-order chi connectivity index (χ0) is 15.8. The predicted octanol–water partition coefficient (Wildman–Crippen LogP) is 2.20. The van der Waals surface area contributed by atoms with Crippen LogP contribution in [-0.4, -0.2) is 27.7 Å². The molecule has 114 valence electrons. The lowest BCUT2D eigenvalue weighted by atomic mass is 10.1. The van der Waals surface area contributed by atoms with E-state index in [-0.39, 0.29) is 17.8 Å². The molecule has 1 aliphatic heterocycles. The zero-order valence-electron chi connectivity index (χ0n) is 12.5. The third-order valence-electron chi connectivity index (χ3n) is 3.82. The number of carbonyl (C=O) groups is 1. The molecule has 2 aromatic carbocycles. The maximum atomic E-state index is 12.4. The SMILES string of the molecule is Cc1ccc2c(c1)C(NC(=O)c1nnc3ccccc3n1)CO2. The number of aromatic nitrogens is 3. The summed E-state index contributed by atoms with van der Waals surface area (Å²) < 4.78 is 5.60. The van der Waals surface area contributed by atoms with Gasteiger partial charge in [0, 0.05) is 5.56 Å². The Morgan fingerprint density at radius 3 is 2.87 bits per heavy atom. The average Bonchev–Trinajstić information content (AvgIpc) is 2.96.